The Bertz CT molecular complexity index is 2840. The Morgan fingerprint density at radius 2 is 0.908 bits per heavy atom. The summed E-state index contributed by atoms with van der Waals surface area (Å²) in [6, 6.07) is 57.2. The summed E-state index contributed by atoms with van der Waals surface area (Å²) >= 11 is 2.87. The van der Waals surface area contributed by atoms with Crippen LogP contribution in [0.25, 0.3) is 35.5 Å². The van der Waals surface area contributed by atoms with Crippen LogP contribution in [0.5, 0.6) is 0 Å². The molecule has 0 atom stereocenters. The molecule has 65 heavy (non-hydrogen) atoms. The molecule has 9 heteroatoms. The molecule has 8 rings (SSSR count). The Labute approximate surface area is 386 Å². The van der Waals surface area contributed by atoms with Crippen molar-refractivity contribution in [2.75, 3.05) is 4.90 Å². The van der Waals surface area contributed by atoms with Crippen molar-refractivity contribution in [2.45, 2.75) is 38.0 Å². The Morgan fingerprint density at radius 3 is 1.29 bits per heavy atom. The number of anilines is 3. The number of nitrogens with zero attached hydrogens (tertiary/aromatic N) is 3. The highest BCUT2D eigenvalue weighted by molar-refractivity contribution is 7.14. The molecule has 1 aliphatic carbocycles. The Morgan fingerprint density at radius 1 is 0.508 bits per heavy atom. The molecule has 0 radical (unpaired) electrons. The summed E-state index contributed by atoms with van der Waals surface area (Å²) in [5.41, 5.74) is 9.74. The topological polar surface area (TPSA) is 125 Å². The second-order valence-corrected chi connectivity index (χ2v) is 17.9. The zero-order chi connectivity index (χ0) is 45.1. The minimum atomic E-state index is -1.25. The van der Waals surface area contributed by atoms with Crippen LogP contribution in [-0.4, -0.2) is 22.2 Å². The normalized spacial score (nSPS) is 13.8. The molecule has 1 saturated carbocycles. The van der Waals surface area contributed by atoms with E-state index in [9.17, 15) is 30.3 Å². The van der Waals surface area contributed by atoms with E-state index in [1.54, 1.807) is 12.1 Å². The van der Waals surface area contributed by atoms with Crippen LogP contribution < -0.4 is 4.90 Å². The second kappa shape index (κ2) is 20.6. The van der Waals surface area contributed by atoms with E-state index in [0.29, 0.717) is 15.7 Å². The zero-order valence-electron chi connectivity index (χ0n) is 35.3. The average Bonchev–Trinajstić information content (AvgIpc) is 4.03. The molecule has 318 valence electrons. The Balaban J connectivity index is 1.15. The lowest BCUT2D eigenvalue weighted by Gasteiger charge is -2.27. The van der Waals surface area contributed by atoms with Crippen molar-refractivity contribution >= 4 is 87.1 Å². The molecule has 7 nitrogen and oxygen atoms in total. The van der Waals surface area contributed by atoms with Gasteiger partial charge in [0.05, 0.1) is 0 Å². The molecule has 0 aliphatic heterocycles. The smallest absolute Gasteiger partial charge is 0.346 e. The number of hydrogen-bond donors (Lipinski definition) is 2. The summed E-state index contributed by atoms with van der Waals surface area (Å²) < 4.78 is 0. The largest absolute Gasteiger partial charge is 0.477 e. The van der Waals surface area contributed by atoms with Crippen molar-refractivity contribution in [3.05, 3.63) is 216 Å². The van der Waals surface area contributed by atoms with E-state index in [4.69, 9.17) is 0 Å². The summed E-state index contributed by atoms with van der Waals surface area (Å²) in [6.07, 6.45) is 13.4. The maximum absolute atomic E-state index is 11.5. The van der Waals surface area contributed by atoms with Gasteiger partial charge in [-0.05, 0) is 143 Å². The number of nitriles is 2. The van der Waals surface area contributed by atoms with Crippen LogP contribution in [0.15, 0.2) is 169 Å². The minimum absolute atomic E-state index is 0.312. The number of benzene rings is 5. The molecule has 1 fully saturated rings. The molecule has 1 aliphatic rings. The van der Waals surface area contributed by atoms with Gasteiger partial charge in [0.15, 0.2) is 0 Å². The average molecular weight is 886 g/mol. The minimum Gasteiger partial charge on any atom is -0.477 e. The molecule has 5 aromatic carbocycles. The molecule has 0 unspecified atom stereocenters. The maximum atomic E-state index is 11.5. The van der Waals surface area contributed by atoms with E-state index in [1.165, 1.54) is 72.5 Å². The summed E-state index contributed by atoms with van der Waals surface area (Å²) in [7, 11) is 0. The van der Waals surface area contributed by atoms with E-state index >= 15 is 0 Å². The quantitative estimate of drug-likeness (QED) is 0.0633. The van der Waals surface area contributed by atoms with Crippen LogP contribution in [0.4, 0.5) is 17.1 Å². The molecular formula is C56H43N3O4S2. The molecule has 0 spiro atoms. The number of hydrogen-bond acceptors (Lipinski definition) is 7. The third-order valence-electron chi connectivity index (χ3n) is 11.4. The van der Waals surface area contributed by atoms with Crippen LogP contribution in [0, 0.1) is 22.7 Å². The first kappa shape index (κ1) is 43.8. The summed E-state index contributed by atoms with van der Waals surface area (Å²) in [5, 5.41) is 37.6. The third-order valence-corrected chi connectivity index (χ3v) is 13.5. The number of carboxylic acid groups (broad SMARTS) is 2. The standard InChI is InChI=1S/C56H43N3O4S2/c57-36-44(55(60)61)34-49-28-30-53(64-49)51(42-12-6-2-7-13-42)32-38-16-22-46(23-17-38)59(48-26-20-41(21-27-48)40-10-4-1-5-11-40)47-24-18-39(19-25-47)33-52(43-14-8-3-9-15-43)54-31-29-50(65-54)35-45(37-58)56(62)63/h2-3,6-9,12-35,40H,1,4-5,10-11H2,(H,60,61)(H,62,63)/b44-34+,45-35+,51-32+,52-33+. The van der Waals surface area contributed by atoms with Crippen molar-refractivity contribution in [1.29, 1.82) is 10.5 Å². The first-order chi connectivity index (χ1) is 31.8. The van der Waals surface area contributed by atoms with Crippen LogP contribution in [-0.2, 0) is 9.59 Å². The number of aliphatic carboxylic acids is 2. The van der Waals surface area contributed by atoms with Gasteiger partial charge in [0.1, 0.15) is 23.3 Å². The van der Waals surface area contributed by atoms with Crippen LogP contribution in [0.2, 0.25) is 0 Å². The zero-order valence-corrected chi connectivity index (χ0v) is 36.9. The maximum Gasteiger partial charge on any atom is 0.346 e. The van der Waals surface area contributed by atoms with E-state index in [-0.39, 0.29) is 11.1 Å². The lowest BCUT2D eigenvalue weighted by Crippen LogP contribution is -2.10. The van der Waals surface area contributed by atoms with Gasteiger partial charge in [-0.15, -0.1) is 22.7 Å². The third kappa shape index (κ3) is 10.7. The predicted octanol–water partition coefficient (Wildman–Crippen LogP) is 14.5. The van der Waals surface area contributed by atoms with E-state index in [2.05, 4.69) is 114 Å². The van der Waals surface area contributed by atoms with Crippen molar-refractivity contribution in [3.8, 4) is 12.1 Å². The fourth-order valence-electron chi connectivity index (χ4n) is 8.10. The fourth-order valence-corrected chi connectivity index (χ4v) is 10.1. The monoisotopic (exact) mass is 885 g/mol. The number of carbonyl (C=O) groups is 2. The molecule has 2 heterocycles. The molecule has 2 aromatic heterocycles. The van der Waals surface area contributed by atoms with Gasteiger partial charge in [-0.2, -0.15) is 10.5 Å². The van der Waals surface area contributed by atoms with Gasteiger partial charge in [0.2, 0.25) is 0 Å². The van der Waals surface area contributed by atoms with Crippen LogP contribution in [0.3, 0.4) is 0 Å². The Hall–Kier alpha value is -7.82. The van der Waals surface area contributed by atoms with Crippen molar-refractivity contribution in [2.24, 2.45) is 0 Å². The van der Waals surface area contributed by atoms with Crippen molar-refractivity contribution < 1.29 is 19.8 Å². The number of rotatable bonds is 14. The van der Waals surface area contributed by atoms with Gasteiger partial charge < -0.3 is 15.1 Å². The first-order valence-corrected chi connectivity index (χ1v) is 22.9. The first-order valence-electron chi connectivity index (χ1n) is 21.3. The van der Waals surface area contributed by atoms with E-state index in [0.717, 1.165) is 60.2 Å². The number of carboxylic acids is 2. The number of thiophene rings is 2. The highest BCUT2D eigenvalue weighted by Gasteiger charge is 2.19. The predicted molar refractivity (Wildman–Crippen MR) is 265 cm³/mol. The van der Waals surface area contributed by atoms with Crippen LogP contribution >= 0.6 is 22.7 Å². The molecule has 0 saturated heterocycles. The van der Waals surface area contributed by atoms with Crippen molar-refractivity contribution in [3.63, 3.8) is 0 Å². The molecule has 0 bridgehead atoms. The van der Waals surface area contributed by atoms with Gasteiger partial charge in [0.25, 0.3) is 0 Å². The van der Waals surface area contributed by atoms with E-state index in [1.807, 2.05) is 60.7 Å². The summed E-state index contributed by atoms with van der Waals surface area (Å²) in [5.74, 6) is -1.92. The molecule has 0 amide bonds. The molecular weight excluding hydrogens is 843 g/mol. The van der Waals surface area contributed by atoms with Crippen molar-refractivity contribution in [1.82, 2.24) is 0 Å². The highest BCUT2D eigenvalue weighted by Crippen LogP contribution is 2.40. The van der Waals surface area contributed by atoms with Gasteiger partial charge in [-0.25, -0.2) is 9.59 Å². The highest BCUT2D eigenvalue weighted by atomic mass is 32.1. The lowest BCUT2D eigenvalue weighted by atomic mass is 9.84. The van der Waals surface area contributed by atoms with Gasteiger partial charge >= 0.3 is 11.9 Å². The van der Waals surface area contributed by atoms with Gasteiger partial charge in [-0.1, -0.05) is 116 Å². The van der Waals surface area contributed by atoms with Crippen LogP contribution in [0.1, 0.15) is 85.3 Å². The van der Waals surface area contributed by atoms with E-state index < -0.39 is 11.9 Å². The lowest BCUT2D eigenvalue weighted by molar-refractivity contribution is -0.133. The van der Waals surface area contributed by atoms with Gasteiger partial charge in [0, 0.05) is 36.6 Å². The summed E-state index contributed by atoms with van der Waals surface area (Å²) in [4.78, 5) is 28.6. The Kier molecular flexibility index (Phi) is 13.9. The fraction of sp³-hybridized carbons (Fsp3) is 0.107. The van der Waals surface area contributed by atoms with Gasteiger partial charge in [-0.3, -0.25) is 0 Å². The SMILES string of the molecule is N#C/C(=C\c1ccc(/C(=C/c2ccc(N(c3ccc(/C=C(\c4ccccc4)c4ccc(/C=C(\C#N)C(=O)O)s4)cc3)c3ccc(C4CCCCC4)cc3)cc2)c2ccccc2)s1)C(=O)O. The molecule has 2 N–H and O–H groups in total. The second-order valence-electron chi connectivity index (χ2n) is 15.6. The summed E-state index contributed by atoms with van der Waals surface area (Å²) in [6.45, 7) is 0. The molecule has 7 aromatic rings.